The second-order valence-corrected chi connectivity index (χ2v) is 3.77. The number of nitriles is 1. The van der Waals surface area contributed by atoms with Gasteiger partial charge < -0.3 is 4.90 Å². The predicted molar refractivity (Wildman–Crippen MR) is 61.8 cm³/mol. The van der Waals surface area contributed by atoms with E-state index in [0.29, 0.717) is 0 Å². The van der Waals surface area contributed by atoms with Gasteiger partial charge in [0.1, 0.15) is 6.33 Å². The summed E-state index contributed by atoms with van der Waals surface area (Å²) in [5.41, 5.74) is -0.346. The van der Waals surface area contributed by atoms with Gasteiger partial charge >= 0.3 is 5.69 Å². The molecule has 0 aliphatic rings. The van der Waals surface area contributed by atoms with Crippen molar-refractivity contribution in [2.24, 2.45) is 0 Å². The first kappa shape index (κ1) is 13.1. The number of hydrogen-bond donors (Lipinski definition) is 0. The zero-order valence-electron chi connectivity index (χ0n) is 9.29. The van der Waals surface area contributed by atoms with E-state index >= 15 is 0 Å². The average Bonchev–Trinajstić information content (AvgIpc) is 2.27. The first-order valence-corrected chi connectivity index (χ1v) is 5.11. The Bertz CT molecular complexity index is 473. The molecule has 1 aromatic rings. The molecule has 0 aliphatic carbocycles. The summed E-state index contributed by atoms with van der Waals surface area (Å²) in [4.78, 5) is 19.2. The molecule has 1 rings (SSSR count). The van der Waals surface area contributed by atoms with Crippen molar-refractivity contribution in [3.05, 3.63) is 21.6 Å². The van der Waals surface area contributed by atoms with E-state index in [0.717, 1.165) is 6.33 Å². The molecule has 0 saturated carbocycles. The SMILES string of the molecule is CC(CC#N)N(C)c1ncnc(Cl)c1[N+](=O)[O-]. The van der Waals surface area contributed by atoms with E-state index in [9.17, 15) is 10.1 Å². The minimum atomic E-state index is -0.632. The van der Waals surface area contributed by atoms with Gasteiger partial charge in [-0.25, -0.2) is 9.97 Å². The molecule has 1 unspecified atom stereocenters. The van der Waals surface area contributed by atoms with Crippen LogP contribution < -0.4 is 4.90 Å². The number of hydrogen-bond acceptors (Lipinski definition) is 6. The van der Waals surface area contributed by atoms with Crippen molar-refractivity contribution in [3.8, 4) is 6.07 Å². The highest BCUT2D eigenvalue weighted by Crippen LogP contribution is 2.31. The van der Waals surface area contributed by atoms with Crippen molar-refractivity contribution < 1.29 is 4.92 Å². The fourth-order valence-electron chi connectivity index (χ4n) is 1.24. The van der Waals surface area contributed by atoms with Crippen LogP contribution in [0.2, 0.25) is 5.15 Å². The van der Waals surface area contributed by atoms with Gasteiger partial charge in [-0.2, -0.15) is 5.26 Å². The van der Waals surface area contributed by atoms with Crippen LogP contribution in [0.15, 0.2) is 6.33 Å². The average molecular weight is 256 g/mol. The van der Waals surface area contributed by atoms with Gasteiger partial charge in [0.25, 0.3) is 0 Å². The fourth-order valence-corrected chi connectivity index (χ4v) is 1.44. The van der Waals surface area contributed by atoms with Crippen LogP contribution in [0.25, 0.3) is 0 Å². The molecule has 8 heteroatoms. The van der Waals surface area contributed by atoms with Gasteiger partial charge in [0.2, 0.25) is 11.0 Å². The Morgan fingerprint density at radius 3 is 2.88 bits per heavy atom. The van der Waals surface area contributed by atoms with Crippen LogP contribution in [0.5, 0.6) is 0 Å². The first-order chi connectivity index (χ1) is 7.99. The largest absolute Gasteiger partial charge is 0.350 e. The van der Waals surface area contributed by atoms with Gasteiger partial charge in [0, 0.05) is 13.1 Å². The molecule has 90 valence electrons. The molecule has 1 heterocycles. The number of halogens is 1. The molecule has 0 N–H and O–H groups in total. The summed E-state index contributed by atoms with van der Waals surface area (Å²) in [7, 11) is 1.62. The van der Waals surface area contributed by atoms with Gasteiger partial charge in [-0.15, -0.1) is 0 Å². The molecule has 1 atom stereocenters. The molecule has 17 heavy (non-hydrogen) atoms. The van der Waals surface area contributed by atoms with Crippen LogP contribution in [0.4, 0.5) is 11.5 Å². The van der Waals surface area contributed by atoms with Crippen LogP contribution in [-0.2, 0) is 0 Å². The molecule has 0 bridgehead atoms. The lowest BCUT2D eigenvalue weighted by Crippen LogP contribution is -2.30. The molecule has 7 nitrogen and oxygen atoms in total. The number of nitrogens with zero attached hydrogens (tertiary/aromatic N) is 5. The monoisotopic (exact) mass is 255 g/mol. The van der Waals surface area contributed by atoms with Gasteiger partial charge in [-0.3, -0.25) is 10.1 Å². The minimum absolute atomic E-state index is 0.109. The smallest absolute Gasteiger partial charge is 0.348 e. The highest BCUT2D eigenvalue weighted by atomic mass is 35.5. The normalized spacial score (nSPS) is 11.6. The molecule has 0 fully saturated rings. The maximum atomic E-state index is 10.9. The topological polar surface area (TPSA) is 96.0 Å². The maximum Gasteiger partial charge on any atom is 0.348 e. The van der Waals surface area contributed by atoms with Gasteiger partial charge in [0.15, 0.2) is 0 Å². The fraction of sp³-hybridized carbons (Fsp3) is 0.444. The second kappa shape index (κ2) is 5.41. The third kappa shape index (κ3) is 2.79. The van der Waals surface area contributed by atoms with Crippen molar-refractivity contribution in [3.63, 3.8) is 0 Å². The zero-order valence-corrected chi connectivity index (χ0v) is 10.0. The Morgan fingerprint density at radius 1 is 1.71 bits per heavy atom. The van der Waals surface area contributed by atoms with Gasteiger partial charge in [-0.1, -0.05) is 11.6 Å². The molecular formula is C9H10ClN5O2. The van der Waals surface area contributed by atoms with Crippen molar-refractivity contribution >= 4 is 23.1 Å². The summed E-state index contributed by atoms with van der Waals surface area (Å²) in [5.74, 6) is 0.109. The van der Waals surface area contributed by atoms with Crippen LogP contribution in [0.3, 0.4) is 0 Å². The van der Waals surface area contributed by atoms with Crippen LogP contribution in [0.1, 0.15) is 13.3 Å². The van der Waals surface area contributed by atoms with Gasteiger partial charge in [-0.05, 0) is 6.92 Å². The van der Waals surface area contributed by atoms with Crippen LogP contribution >= 0.6 is 11.6 Å². The van der Waals surface area contributed by atoms with Crippen molar-refractivity contribution in [1.82, 2.24) is 9.97 Å². The lowest BCUT2D eigenvalue weighted by atomic mass is 10.2. The van der Waals surface area contributed by atoms with Crippen molar-refractivity contribution in [2.45, 2.75) is 19.4 Å². The Balaban J connectivity index is 3.18. The molecule has 0 amide bonds. The predicted octanol–water partition coefficient (Wildman–Crippen LogP) is 1.78. The van der Waals surface area contributed by atoms with Crippen LogP contribution in [0, 0.1) is 21.4 Å². The quantitative estimate of drug-likeness (QED) is 0.462. The van der Waals surface area contributed by atoms with E-state index in [2.05, 4.69) is 9.97 Å². The molecular weight excluding hydrogens is 246 g/mol. The molecule has 0 spiro atoms. The summed E-state index contributed by atoms with van der Waals surface area (Å²) in [5, 5.41) is 19.3. The summed E-state index contributed by atoms with van der Waals surface area (Å²) in [6.45, 7) is 1.77. The molecule has 0 radical (unpaired) electrons. The number of aromatic nitrogens is 2. The van der Waals surface area contributed by atoms with E-state index in [-0.39, 0.29) is 29.1 Å². The number of anilines is 1. The lowest BCUT2D eigenvalue weighted by Gasteiger charge is -2.23. The number of rotatable bonds is 4. The highest BCUT2D eigenvalue weighted by Gasteiger charge is 2.26. The minimum Gasteiger partial charge on any atom is -0.350 e. The highest BCUT2D eigenvalue weighted by molar-refractivity contribution is 6.31. The summed E-state index contributed by atoms with van der Waals surface area (Å²) in [6.07, 6.45) is 1.38. The third-order valence-electron chi connectivity index (χ3n) is 2.32. The Morgan fingerprint density at radius 2 is 2.35 bits per heavy atom. The second-order valence-electron chi connectivity index (χ2n) is 3.42. The Labute approximate surface area is 103 Å². The van der Waals surface area contributed by atoms with Crippen molar-refractivity contribution in [1.29, 1.82) is 5.26 Å². The summed E-state index contributed by atoms with van der Waals surface area (Å²) in [6, 6.07) is 1.79. The molecule has 0 aromatic carbocycles. The zero-order chi connectivity index (χ0) is 13.0. The van der Waals surface area contributed by atoms with Crippen LogP contribution in [-0.4, -0.2) is 28.0 Å². The van der Waals surface area contributed by atoms with E-state index in [1.165, 1.54) is 4.90 Å². The van der Waals surface area contributed by atoms with E-state index in [1.54, 1.807) is 14.0 Å². The molecule has 0 aliphatic heterocycles. The molecule has 0 saturated heterocycles. The van der Waals surface area contributed by atoms with Gasteiger partial charge in [0.05, 0.1) is 17.4 Å². The number of nitro groups is 1. The molecule has 1 aromatic heterocycles. The first-order valence-electron chi connectivity index (χ1n) is 4.73. The summed E-state index contributed by atoms with van der Waals surface area (Å²) < 4.78 is 0. The maximum absolute atomic E-state index is 10.9. The summed E-state index contributed by atoms with van der Waals surface area (Å²) >= 11 is 5.67. The Kier molecular flexibility index (Phi) is 4.17. The standard InChI is InChI=1S/C9H10ClN5O2/c1-6(3-4-11)14(2)9-7(15(16)17)8(10)12-5-13-9/h5-6H,3H2,1-2H3. The van der Waals surface area contributed by atoms with E-state index < -0.39 is 4.92 Å². The third-order valence-corrected chi connectivity index (χ3v) is 2.60. The lowest BCUT2D eigenvalue weighted by molar-refractivity contribution is -0.384. The van der Waals surface area contributed by atoms with Crippen molar-refractivity contribution in [2.75, 3.05) is 11.9 Å². The Hall–Kier alpha value is -1.94. The van der Waals surface area contributed by atoms with E-state index in [4.69, 9.17) is 16.9 Å². The van der Waals surface area contributed by atoms with E-state index in [1.807, 2.05) is 6.07 Å².